The Hall–Kier alpha value is -1.45. The Morgan fingerprint density at radius 3 is 2.37 bits per heavy atom. The molecule has 0 radical (unpaired) electrons. The number of allylic oxidation sites excluding steroid dienone is 2. The second kappa shape index (κ2) is 6.64. The minimum absolute atomic E-state index is 0.00195. The van der Waals surface area contributed by atoms with E-state index in [1.54, 1.807) is 0 Å². The van der Waals surface area contributed by atoms with Gasteiger partial charge in [0, 0.05) is 11.5 Å². The van der Waals surface area contributed by atoms with Crippen LogP contribution < -0.4 is 5.32 Å². The summed E-state index contributed by atoms with van der Waals surface area (Å²) in [6.07, 6.45) is 3.63. The lowest BCUT2D eigenvalue weighted by Gasteiger charge is -2.18. The van der Waals surface area contributed by atoms with Gasteiger partial charge >= 0.3 is 6.09 Å². The summed E-state index contributed by atoms with van der Waals surface area (Å²) in [7, 11) is 0. The topological polar surface area (TPSA) is 47.6 Å². The Labute approximate surface area is 115 Å². The molecule has 1 aliphatic carbocycles. The van der Waals surface area contributed by atoms with Gasteiger partial charge in [0.1, 0.15) is 12.4 Å². The van der Waals surface area contributed by atoms with E-state index in [9.17, 15) is 4.79 Å². The van der Waals surface area contributed by atoms with Gasteiger partial charge in [0.15, 0.2) is 0 Å². The highest BCUT2D eigenvalue weighted by Gasteiger charge is 2.45. The maximum atomic E-state index is 11.4. The van der Waals surface area contributed by atoms with Gasteiger partial charge in [-0.2, -0.15) is 0 Å². The molecule has 0 bridgehead atoms. The molecule has 0 spiro atoms. The molecule has 0 aromatic rings. The second-order valence-electron chi connectivity index (χ2n) is 5.60. The summed E-state index contributed by atoms with van der Waals surface area (Å²) in [5.74, 6) is 0.818. The third kappa shape index (κ3) is 5.37. The van der Waals surface area contributed by atoms with Gasteiger partial charge < -0.3 is 14.8 Å². The summed E-state index contributed by atoms with van der Waals surface area (Å²) in [6.45, 7) is 12.5. The van der Waals surface area contributed by atoms with Crippen LogP contribution in [0.3, 0.4) is 0 Å². The Morgan fingerprint density at radius 2 is 1.95 bits per heavy atom. The molecular formula is C15H25NO3. The molecule has 108 valence electrons. The first kappa shape index (κ1) is 15.6. The monoisotopic (exact) mass is 267 g/mol. The van der Waals surface area contributed by atoms with Crippen molar-refractivity contribution in [1.29, 1.82) is 0 Å². The van der Waals surface area contributed by atoms with Crippen molar-refractivity contribution in [3.8, 4) is 0 Å². The first-order chi connectivity index (χ1) is 8.88. The number of nitrogens with one attached hydrogen (secondary N) is 1. The molecular weight excluding hydrogens is 242 g/mol. The highest BCUT2D eigenvalue weighted by Crippen LogP contribution is 2.46. The Kier molecular flexibility index (Phi) is 5.45. The van der Waals surface area contributed by atoms with Crippen LogP contribution in [0.25, 0.3) is 0 Å². The molecule has 0 heterocycles. The summed E-state index contributed by atoms with van der Waals surface area (Å²) in [5, 5.41) is 2.71. The van der Waals surface area contributed by atoms with Crippen LogP contribution in [0.4, 0.5) is 4.79 Å². The fourth-order valence-corrected chi connectivity index (χ4v) is 1.69. The fourth-order valence-electron chi connectivity index (χ4n) is 1.69. The Balaban J connectivity index is 2.33. The van der Waals surface area contributed by atoms with Crippen LogP contribution in [-0.4, -0.2) is 25.3 Å². The minimum Gasteiger partial charge on any atom is -0.493 e. The van der Waals surface area contributed by atoms with Crippen LogP contribution in [0.2, 0.25) is 0 Å². The molecule has 4 nitrogen and oxygen atoms in total. The quantitative estimate of drug-likeness (QED) is 0.568. The van der Waals surface area contributed by atoms with E-state index in [1.807, 2.05) is 33.8 Å². The smallest absolute Gasteiger partial charge is 0.407 e. The third-order valence-corrected chi connectivity index (χ3v) is 3.09. The molecule has 1 rings (SSSR count). The number of ether oxygens (including phenoxy) is 2. The van der Waals surface area contributed by atoms with Gasteiger partial charge in [0.05, 0.1) is 6.61 Å². The van der Waals surface area contributed by atoms with Crippen LogP contribution in [0.1, 0.15) is 40.5 Å². The predicted octanol–water partition coefficient (Wildman–Crippen LogP) is 3.40. The zero-order valence-corrected chi connectivity index (χ0v) is 12.4. The Bertz CT molecular complexity index is 368. The normalized spacial score (nSPS) is 17.0. The molecule has 0 aliphatic heterocycles. The molecule has 1 aliphatic rings. The number of carbonyl (C=O) groups excluding carboxylic acids is 1. The molecule has 4 heteroatoms. The fraction of sp³-hybridized carbons (Fsp3) is 0.667. The van der Waals surface area contributed by atoms with Gasteiger partial charge in [-0.05, 0) is 52.2 Å². The molecule has 0 aromatic carbocycles. The van der Waals surface area contributed by atoms with Crippen LogP contribution in [0.5, 0.6) is 0 Å². The Morgan fingerprint density at radius 1 is 1.37 bits per heavy atom. The summed E-state index contributed by atoms with van der Waals surface area (Å²) in [5.41, 5.74) is 0.912. The lowest BCUT2D eigenvalue weighted by Crippen LogP contribution is -2.33. The number of amides is 1. The SMILES string of the molecule is C=C(C)/C(=C/C)OCC1(COC(=O)NC(C)C)CC1. The number of carbonyl (C=O) groups is 1. The van der Waals surface area contributed by atoms with Gasteiger partial charge in [-0.1, -0.05) is 6.58 Å². The number of hydrogen-bond acceptors (Lipinski definition) is 3. The number of rotatable bonds is 7. The van der Waals surface area contributed by atoms with Crippen molar-refractivity contribution in [3.63, 3.8) is 0 Å². The second-order valence-corrected chi connectivity index (χ2v) is 5.60. The van der Waals surface area contributed by atoms with E-state index in [0.29, 0.717) is 13.2 Å². The predicted molar refractivity (Wildman–Crippen MR) is 75.8 cm³/mol. The van der Waals surface area contributed by atoms with E-state index in [1.165, 1.54) is 0 Å². The highest BCUT2D eigenvalue weighted by atomic mass is 16.6. The number of hydrogen-bond donors (Lipinski definition) is 1. The average molecular weight is 267 g/mol. The molecule has 1 fully saturated rings. The van der Waals surface area contributed by atoms with Crippen molar-refractivity contribution in [1.82, 2.24) is 5.32 Å². The van der Waals surface area contributed by atoms with Gasteiger partial charge in [-0.3, -0.25) is 0 Å². The first-order valence-electron chi connectivity index (χ1n) is 6.77. The zero-order valence-electron chi connectivity index (χ0n) is 12.4. The molecule has 1 amide bonds. The van der Waals surface area contributed by atoms with Crippen molar-refractivity contribution >= 4 is 6.09 Å². The molecule has 19 heavy (non-hydrogen) atoms. The maximum Gasteiger partial charge on any atom is 0.407 e. The van der Waals surface area contributed by atoms with E-state index in [2.05, 4.69) is 11.9 Å². The molecule has 1 saturated carbocycles. The van der Waals surface area contributed by atoms with E-state index in [-0.39, 0.29) is 17.6 Å². The minimum atomic E-state index is -0.354. The number of alkyl carbamates (subject to hydrolysis) is 1. The molecule has 0 saturated heterocycles. The van der Waals surface area contributed by atoms with Crippen molar-refractivity contribution in [2.75, 3.05) is 13.2 Å². The van der Waals surface area contributed by atoms with Crippen molar-refractivity contribution in [2.24, 2.45) is 5.41 Å². The molecule has 0 aromatic heterocycles. The van der Waals surface area contributed by atoms with Crippen molar-refractivity contribution in [2.45, 2.75) is 46.6 Å². The summed E-state index contributed by atoms with van der Waals surface area (Å²) in [4.78, 5) is 11.4. The summed E-state index contributed by atoms with van der Waals surface area (Å²) < 4.78 is 11.0. The van der Waals surface area contributed by atoms with Gasteiger partial charge in [0.2, 0.25) is 0 Å². The molecule has 1 N–H and O–H groups in total. The van der Waals surface area contributed by atoms with Crippen LogP contribution in [0, 0.1) is 5.41 Å². The van der Waals surface area contributed by atoms with Gasteiger partial charge in [-0.25, -0.2) is 4.79 Å². The van der Waals surface area contributed by atoms with E-state index >= 15 is 0 Å². The lowest BCUT2D eigenvalue weighted by molar-refractivity contribution is 0.0796. The third-order valence-electron chi connectivity index (χ3n) is 3.09. The van der Waals surface area contributed by atoms with Gasteiger partial charge in [0.25, 0.3) is 0 Å². The average Bonchev–Trinajstić information content (AvgIpc) is 3.07. The van der Waals surface area contributed by atoms with E-state index in [4.69, 9.17) is 9.47 Å². The van der Waals surface area contributed by atoms with E-state index in [0.717, 1.165) is 24.2 Å². The van der Waals surface area contributed by atoms with E-state index < -0.39 is 0 Å². The van der Waals surface area contributed by atoms with Crippen LogP contribution in [-0.2, 0) is 9.47 Å². The maximum absolute atomic E-state index is 11.4. The lowest BCUT2D eigenvalue weighted by atomic mass is 10.1. The van der Waals surface area contributed by atoms with Crippen molar-refractivity contribution < 1.29 is 14.3 Å². The van der Waals surface area contributed by atoms with Gasteiger partial charge in [-0.15, -0.1) is 0 Å². The van der Waals surface area contributed by atoms with Crippen molar-refractivity contribution in [3.05, 3.63) is 24.0 Å². The highest BCUT2D eigenvalue weighted by molar-refractivity contribution is 5.67. The summed E-state index contributed by atoms with van der Waals surface area (Å²) >= 11 is 0. The van der Waals surface area contributed by atoms with Crippen LogP contribution in [0.15, 0.2) is 24.0 Å². The van der Waals surface area contributed by atoms with Crippen LogP contribution >= 0.6 is 0 Å². The zero-order chi connectivity index (χ0) is 14.5. The summed E-state index contributed by atoms with van der Waals surface area (Å²) in [6, 6.07) is 0.0944. The first-order valence-corrected chi connectivity index (χ1v) is 6.77. The largest absolute Gasteiger partial charge is 0.493 e. The standard InChI is InChI=1S/C15H25NO3/c1-6-13(11(2)3)18-9-15(7-8-15)10-19-14(17)16-12(4)5/h6,12H,2,7-10H2,1,3-5H3,(H,16,17)/b13-6-. The molecule has 0 atom stereocenters. The molecule has 0 unspecified atom stereocenters.